The molecule has 0 spiro atoms. The third-order valence-corrected chi connectivity index (χ3v) is 6.21. The fourth-order valence-electron chi connectivity index (χ4n) is 3.08. The summed E-state index contributed by atoms with van der Waals surface area (Å²) in [5.41, 5.74) is 3.61. The second-order valence-corrected chi connectivity index (χ2v) is 9.26. The summed E-state index contributed by atoms with van der Waals surface area (Å²) in [4.78, 5) is 12.6. The molecule has 0 saturated heterocycles. The van der Waals surface area contributed by atoms with Crippen LogP contribution in [0.25, 0.3) is 22.3 Å². The van der Waals surface area contributed by atoms with E-state index in [9.17, 15) is 23.6 Å². The molecule has 148 valence electrons. The third kappa shape index (κ3) is 4.47. The van der Waals surface area contributed by atoms with Crippen LogP contribution in [0.1, 0.15) is 27.0 Å². The molecule has 0 aliphatic heterocycles. The Kier molecular flexibility index (Phi) is 5.73. The van der Waals surface area contributed by atoms with E-state index in [1.54, 1.807) is 30.3 Å². The first kappa shape index (κ1) is 20.6. The molecule has 2 N–H and O–H groups in total. The molecule has 0 aliphatic carbocycles. The standard InChI is InChI=1S/C21H18N2O4S2/c1-3-18-17(12-22)19(20(28-18)21(24)25)14-9-7-13(8-10-14)15-5-4-6-16(11-15)23-29(2,26)27/h4-11,23H,3H2,1-2H3,(H,24,25). The zero-order valence-corrected chi connectivity index (χ0v) is 17.4. The Labute approximate surface area is 173 Å². The van der Waals surface area contributed by atoms with Gasteiger partial charge in [-0.2, -0.15) is 5.26 Å². The van der Waals surface area contributed by atoms with Crippen LogP contribution in [0.3, 0.4) is 0 Å². The van der Waals surface area contributed by atoms with E-state index >= 15 is 0 Å². The van der Waals surface area contributed by atoms with E-state index in [4.69, 9.17) is 0 Å². The molecule has 0 amide bonds. The number of carboxylic acid groups (broad SMARTS) is 1. The molecule has 0 saturated carbocycles. The first-order valence-electron chi connectivity index (χ1n) is 8.71. The van der Waals surface area contributed by atoms with Gasteiger partial charge in [-0.1, -0.05) is 43.3 Å². The lowest BCUT2D eigenvalue weighted by molar-refractivity contribution is 0.0703. The van der Waals surface area contributed by atoms with Crippen LogP contribution < -0.4 is 4.72 Å². The molecule has 0 unspecified atom stereocenters. The van der Waals surface area contributed by atoms with E-state index < -0.39 is 16.0 Å². The summed E-state index contributed by atoms with van der Waals surface area (Å²) in [5.74, 6) is -1.05. The molecule has 0 fully saturated rings. The molecule has 0 radical (unpaired) electrons. The number of sulfonamides is 1. The number of hydrogen-bond donors (Lipinski definition) is 2. The number of nitrogens with one attached hydrogen (secondary N) is 1. The number of aryl methyl sites for hydroxylation is 1. The number of benzene rings is 2. The maximum absolute atomic E-state index is 11.7. The van der Waals surface area contributed by atoms with Crippen molar-refractivity contribution in [2.45, 2.75) is 13.3 Å². The molecule has 2 aromatic carbocycles. The molecular weight excluding hydrogens is 408 g/mol. The predicted molar refractivity (Wildman–Crippen MR) is 115 cm³/mol. The molecule has 0 bridgehead atoms. The van der Waals surface area contributed by atoms with E-state index in [1.165, 1.54) is 0 Å². The van der Waals surface area contributed by atoms with E-state index in [0.717, 1.165) is 33.6 Å². The van der Waals surface area contributed by atoms with Crippen LogP contribution in [-0.4, -0.2) is 25.7 Å². The van der Waals surface area contributed by atoms with Gasteiger partial charge in [0, 0.05) is 16.1 Å². The number of anilines is 1. The maximum atomic E-state index is 11.7. The lowest BCUT2D eigenvalue weighted by Crippen LogP contribution is -2.09. The van der Waals surface area contributed by atoms with Gasteiger partial charge in [-0.25, -0.2) is 13.2 Å². The summed E-state index contributed by atoms with van der Waals surface area (Å²) in [5, 5.41) is 19.1. The van der Waals surface area contributed by atoms with Gasteiger partial charge in [0.2, 0.25) is 10.0 Å². The summed E-state index contributed by atoms with van der Waals surface area (Å²) in [6, 6.07) is 16.3. The molecule has 8 heteroatoms. The molecule has 29 heavy (non-hydrogen) atoms. The van der Waals surface area contributed by atoms with Crippen molar-refractivity contribution in [1.29, 1.82) is 5.26 Å². The van der Waals surface area contributed by atoms with Crippen LogP contribution in [0.15, 0.2) is 48.5 Å². The number of nitrogens with zero attached hydrogens (tertiary/aromatic N) is 1. The smallest absolute Gasteiger partial charge is 0.346 e. The highest BCUT2D eigenvalue weighted by Gasteiger charge is 2.23. The summed E-state index contributed by atoms with van der Waals surface area (Å²) in [6.45, 7) is 1.89. The highest BCUT2D eigenvalue weighted by molar-refractivity contribution is 7.92. The minimum Gasteiger partial charge on any atom is -0.477 e. The van der Waals surface area contributed by atoms with Gasteiger partial charge >= 0.3 is 5.97 Å². The maximum Gasteiger partial charge on any atom is 0.346 e. The minimum atomic E-state index is -3.37. The molecule has 3 rings (SSSR count). The SMILES string of the molecule is CCc1sc(C(=O)O)c(-c2ccc(-c3cccc(NS(C)(=O)=O)c3)cc2)c1C#N. The number of carboxylic acids is 1. The topological polar surface area (TPSA) is 107 Å². The summed E-state index contributed by atoms with van der Waals surface area (Å²) in [6.07, 6.45) is 1.68. The number of rotatable bonds is 6. The number of aromatic carboxylic acids is 1. The van der Waals surface area contributed by atoms with Crippen molar-refractivity contribution in [2.75, 3.05) is 11.0 Å². The zero-order valence-electron chi connectivity index (χ0n) is 15.8. The molecule has 3 aromatic rings. The minimum absolute atomic E-state index is 0.158. The van der Waals surface area contributed by atoms with Gasteiger partial charge in [0.15, 0.2) is 0 Å². The van der Waals surface area contributed by atoms with E-state index in [1.807, 2.05) is 25.1 Å². The average Bonchev–Trinajstić information content (AvgIpc) is 3.06. The largest absolute Gasteiger partial charge is 0.477 e. The molecular formula is C21H18N2O4S2. The summed E-state index contributed by atoms with van der Waals surface area (Å²) in [7, 11) is -3.37. The quantitative estimate of drug-likeness (QED) is 0.600. The van der Waals surface area contributed by atoms with Crippen molar-refractivity contribution in [3.05, 3.63) is 63.8 Å². The van der Waals surface area contributed by atoms with Gasteiger partial charge in [-0.3, -0.25) is 4.72 Å². The second-order valence-electron chi connectivity index (χ2n) is 6.41. The van der Waals surface area contributed by atoms with Gasteiger partial charge in [0.25, 0.3) is 0 Å². The number of hydrogen-bond acceptors (Lipinski definition) is 5. The molecule has 0 aliphatic rings. The van der Waals surface area contributed by atoms with Gasteiger partial charge in [-0.05, 0) is 35.2 Å². The van der Waals surface area contributed by atoms with Crippen molar-refractivity contribution < 1.29 is 18.3 Å². The van der Waals surface area contributed by atoms with Crippen LogP contribution in [-0.2, 0) is 16.4 Å². The van der Waals surface area contributed by atoms with Gasteiger partial charge < -0.3 is 5.11 Å². The Hall–Kier alpha value is -3.15. The highest BCUT2D eigenvalue weighted by atomic mass is 32.2. The fraction of sp³-hybridized carbons (Fsp3) is 0.143. The Bertz CT molecular complexity index is 1220. The Morgan fingerprint density at radius 1 is 1.14 bits per heavy atom. The van der Waals surface area contributed by atoms with Crippen molar-refractivity contribution in [3.63, 3.8) is 0 Å². The monoisotopic (exact) mass is 426 g/mol. The third-order valence-electron chi connectivity index (χ3n) is 4.28. The van der Waals surface area contributed by atoms with E-state index in [0.29, 0.717) is 28.8 Å². The number of carbonyl (C=O) groups is 1. The number of thiophene rings is 1. The normalized spacial score (nSPS) is 11.1. The van der Waals surface area contributed by atoms with Crippen LogP contribution in [0.4, 0.5) is 5.69 Å². The van der Waals surface area contributed by atoms with E-state index in [-0.39, 0.29) is 4.88 Å². The highest BCUT2D eigenvalue weighted by Crippen LogP contribution is 2.37. The lowest BCUT2D eigenvalue weighted by atomic mass is 9.97. The van der Waals surface area contributed by atoms with Gasteiger partial charge in [0.05, 0.1) is 11.8 Å². The first-order valence-corrected chi connectivity index (χ1v) is 11.4. The van der Waals surface area contributed by atoms with Crippen molar-refractivity contribution in [3.8, 4) is 28.3 Å². The molecule has 6 nitrogen and oxygen atoms in total. The summed E-state index contributed by atoms with van der Waals surface area (Å²) >= 11 is 1.13. The molecule has 1 aromatic heterocycles. The Morgan fingerprint density at radius 2 is 1.79 bits per heavy atom. The average molecular weight is 427 g/mol. The summed E-state index contributed by atoms with van der Waals surface area (Å²) < 4.78 is 25.3. The first-order chi connectivity index (χ1) is 13.7. The lowest BCUT2D eigenvalue weighted by Gasteiger charge is -2.08. The zero-order chi connectivity index (χ0) is 21.2. The van der Waals surface area contributed by atoms with Crippen LogP contribution in [0.2, 0.25) is 0 Å². The van der Waals surface area contributed by atoms with Gasteiger partial charge in [0.1, 0.15) is 10.9 Å². The second kappa shape index (κ2) is 8.07. The molecule has 0 atom stereocenters. The van der Waals surface area contributed by atoms with Crippen LogP contribution in [0.5, 0.6) is 0 Å². The van der Waals surface area contributed by atoms with Crippen molar-refractivity contribution in [1.82, 2.24) is 0 Å². The fourth-order valence-corrected chi connectivity index (χ4v) is 4.68. The number of nitriles is 1. The van der Waals surface area contributed by atoms with Crippen LogP contribution >= 0.6 is 11.3 Å². The van der Waals surface area contributed by atoms with Gasteiger partial charge in [-0.15, -0.1) is 11.3 Å². The van der Waals surface area contributed by atoms with Crippen LogP contribution in [0, 0.1) is 11.3 Å². The van der Waals surface area contributed by atoms with Crippen molar-refractivity contribution in [2.24, 2.45) is 0 Å². The Morgan fingerprint density at radius 3 is 2.34 bits per heavy atom. The predicted octanol–water partition coefficient (Wildman–Crippen LogP) is 4.59. The van der Waals surface area contributed by atoms with Crippen molar-refractivity contribution >= 4 is 33.0 Å². The molecule has 1 heterocycles. The van der Waals surface area contributed by atoms with E-state index in [2.05, 4.69) is 10.8 Å². The Balaban J connectivity index is 2.03.